The molecule has 1 fully saturated rings. The van der Waals surface area contributed by atoms with Crippen molar-refractivity contribution < 1.29 is 22.0 Å². The fraction of sp³-hybridized carbons (Fsp3) is 0.316. The molecule has 1 aliphatic heterocycles. The standard InChI is InChI=1S/C19H18F2N2O3S/c1-27(25,26)23-18(24)11-2-5-16-14(8-11)19(6-7-19)10-17(22-16)13-4-3-12(20)9-15(13)21/h2-5,8-9,17,22H,6-7,10H2,1H3,(H,23,24). The lowest BCUT2D eigenvalue weighted by atomic mass is 9.81. The van der Waals surface area contributed by atoms with Gasteiger partial charge in [0.2, 0.25) is 10.0 Å². The van der Waals surface area contributed by atoms with E-state index in [1.807, 2.05) is 4.72 Å². The van der Waals surface area contributed by atoms with E-state index in [1.54, 1.807) is 12.1 Å². The molecule has 0 aromatic heterocycles. The normalized spacial score (nSPS) is 19.9. The monoisotopic (exact) mass is 392 g/mol. The average Bonchev–Trinajstić information content (AvgIpc) is 3.33. The summed E-state index contributed by atoms with van der Waals surface area (Å²) in [6.45, 7) is 0. The van der Waals surface area contributed by atoms with Gasteiger partial charge in [0.1, 0.15) is 11.6 Å². The van der Waals surface area contributed by atoms with Gasteiger partial charge in [0, 0.05) is 22.9 Å². The van der Waals surface area contributed by atoms with Crippen LogP contribution < -0.4 is 10.0 Å². The van der Waals surface area contributed by atoms with Gasteiger partial charge in [-0.05, 0) is 54.5 Å². The molecular weight excluding hydrogens is 374 g/mol. The topological polar surface area (TPSA) is 75.3 Å². The van der Waals surface area contributed by atoms with Crippen molar-refractivity contribution in [3.05, 3.63) is 64.7 Å². The molecule has 0 saturated heterocycles. The van der Waals surface area contributed by atoms with Gasteiger partial charge in [0.15, 0.2) is 0 Å². The van der Waals surface area contributed by atoms with Gasteiger partial charge in [-0.25, -0.2) is 21.9 Å². The predicted octanol–water partition coefficient (Wildman–Crippen LogP) is 3.24. The molecule has 1 saturated carbocycles. The molecule has 2 aromatic rings. The number of amides is 1. The lowest BCUT2D eigenvalue weighted by Crippen LogP contribution is -2.30. The highest BCUT2D eigenvalue weighted by Crippen LogP contribution is 2.59. The summed E-state index contributed by atoms with van der Waals surface area (Å²) in [6, 6.07) is 8.23. The summed E-state index contributed by atoms with van der Waals surface area (Å²) in [5.74, 6) is -1.88. The first-order chi connectivity index (χ1) is 12.7. The minimum Gasteiger partial charge on any atom is -0.378 e. The number of fused-ring (bicyclic) bond motifs is 2. The van der Waals surface area contributed by atoms with Crippen LogP contribution in [-0.4, -0.2) is 20.6 Å². The molecule has 27 heavy (non-hydrogen) atoms. The van der Waals surface area contributed by atoms with Gasteiger partial charge in [-0.1, -0.05) is 6.07 Å². The quantitative estimate of drug-likeness (QED) is 0.841. The molecule has 1 spiro atoms. The van der Waals surface area contributed by atoms with Crippen LogP contribution >= 0.6 is 0 Å². The van der Waals surface area contributed by atoms with Crippen LogP contribution in [0.4, 0.5) is 14.5 Å². The Labute approximate surface area is 155 Å². The largest absolute Gasteiger partial charge is 0.378 e. The van der Waals surface area contributed by atoms with Crippen LogP contribution in [0, 0.1) is 11.6 Å². The van der Waals surface area contributed by atoms with Crippen LogP contribution in [0.2, 0.25) is 0 Å². The number of sulfonamides is 1. The molecule has 2 aliphatic rings. The molecule has 4 rings (SSSR count). The Morgan fingerprint density at radius 3 is 2.56 bits per heavy atom. The number of anilines is 1. The van der Waals surface area contributed by atoms with Gasteiger partial charge < -0.3 is 5.32 Å². The van der Waals surface area contributed by atoms with Crippen LogP contribution in [-0.2, 0) is 15.4 Å². The smallest absolute Gasteiger partial charge is 0.264 e. The van der Waals surface area contributed by atoms with Crippen molar-refractivity contribution in [2.75, 3.05) is 11.6 Å². The van der Waals surface area contributed by atoms with Crippen LogP contribution in [0.25, 0.3) is 0 Å². The van der Waals surface area contributed by atoms with E-state index in [4.69, 9.17) is 0 Å². The number of carbonyl (C=O) groups excluding carboxylic acids is 1. The van der Waals surface area contributed by atoms with Gasteiger partial charge in [-0.3, -0.25) is 4.79 Å². The van der Waals surface area contributed by atoms with Gasteiger partial charge in [-0.15, -0.1) is 0 Å². The summed E-state index contributed by atoms with van der Waals surface area (Å²) < 4.78 is 52.0. The molecule has 142 valence electrons. The number of benzene rings is 2. The first-order valence-corrected chi connectivity index (χ1v) is 10.4. The summed E-state index contributed by atoms with van der Waals surface area (Å²) >= 11 is 0. The first-order valence-electron chi connectivity index (χ1n) is 8.55. The fourth-order valence-electron chi connectivity index (χ4n) is 3.81. The summed E-state index contributed by atoms with van der Waals surface area (Å²) in [4.78, 5) is 12.1. The summed E-state index contributed by atoms with van der Waals surface area (Å²) in [6.07, 6.45) is 3.35. The third kappa shape index (κ3) is 3.41. The van der Waals surface area contributed by atoms with Gasteiger partial charge in [-0.2, -0.15) is 0 Å². The van der Waals surface area contributed by atoms with Crippen molar-refractivity contribution in [3.63, 3.8) is 0 Å². The Kier molecular flexibility index (Phi) is 3.99. The molecule has 5 nitrogen and oxygen atoms in total. The van der Waals surface area contributed by atoms with Crippen LogP contribution in [0.15, 0.2) is 36.4 Å². The second-order valence-electron chi connectivity index (χ2n) is 7.31. The van der Waals surface area contributed by atoms with E-state index >= 15 is 0 Å². The van der Waals surface area contributed by atoms with E-state index in [-0.39, 0.29) is 17.0 Å². The van der Waals surface area contributed by atoms with E-state index in [0.29, 0.717) is 12.0 Å². The lowest BCUT2D eigenvalue weighted by molar-refractivity contribution is 0.0981. The summed E-state index contributed by atoms with van der Waals surface area (Å²) in [5, 5.41) is 3.27. The molecule has 1 unspecified atom stereocenters. The SMILES string of the molecule is CS(=O)(=O)NC(=O)c1ccc2c(c1)C1(CC1)CC(c1ccc(F)cc1F)N2. The van der Waals surface area contributed by atoms with Crippen molar-refractivity contribution >= 4 is 21.6 Å². The van der Waals surface area contributed by atoms with Crippen molar-refractivity contribution in [3.8, 4) is 0 Å². The zero-order valence-corrected chi connectivity index (χ0v) is 15.4. The minimum absolute atomic E-state index is 0.173. The van der Waals surface area contributed by atoms with Gasteiger partial charge in [0.05, 0.1) is 12.3 Å². The van der Waals surface area contributed by atoms with Gasteiger partial charge >= 0.3 is 0 Å². The lowest BCUT2D eigenvalue weighted by Gasteiger charge is -2.34. The first kappa shape index (κ1) is 17.9. The van der Waals surface area contributed by atoms with E-state index in [2.05, 4.69) is 5.32 Å². The maximum absolute atomic E-state index is 14.2. The molecule has 1 aliphatic carbocycles. The highest BCUT2D eigenvalue weighted by Gasteiger charge is 2.50. The number of carbonyl (C=O) groups is 1. The van der Waals surface area contributed by atoms with E-state index in [0.717, 1.165) is 36.4 Å². The third-order valence-electron chi connectivity index (χ3n) is 5.25. The molecule has 2 aromatic carbocycles. The zero-order chi connectivity index (χ0) is 19.4. The molecule has 1 heterocycles. The summed E-state index contributed by atoms with van der Waals surface area (Å²) in [5.41, 5.74) is 2.21. The number of halogens is 2. The molecule has 1 atom stereocenters. The molecule has 1 amide bonds. The highest BCUT2D eigenvalue weighted by atomic mass is 32.2. The fourth-order valence-corrected chi connectivity index (χ4v) is 4.27. The predicted molar refractivity (Wildman–Crippen MR) is 97.0 cm³/mol. The van der Waals surface area contributed by atoms with Crippen molar-refractivity contribution in [2.24, 2.45) is 0 Å². The summed E-state index contributed by atoms with van der Waals surface area (Å²) in [7, 11) is -3.65. The van der Waals surface area contributed by atoms with Crippen molar-refractivity contribution in [2.45, 2.75) is 30.7 Å². The molecule has 0 radical (unpaired) electrons. The van der Waals surface area contributed by atoms with E-state index < -0.39 is 27.6 Å². The Morgan fingerprint density at radius 2 is 1.93 bits per heavy atom. The van der Waals surface area contributed by atoms with Crippen LogP contribution in [0.5, 0.6) is 0 Å². The number of rotatable bonds is 3. The Bertz CT molecular complexity index is 1050. The average molecular weight is 392 g/mol. The maximum Gasteiger partial charge on any atom is 0.264 e. The van der Waals surface area contributed by atoms with Gasteiger partial charge in [0.25, 0.3) is 5.91 Å². The number of nitrogens with one attached hydrogen (secondary N) is 2. The van der Waals surface area contributed by atoms with Crippen molar-refractivity contribution in [1.82, 2.24) is 4.72 Å². The second kappa shape index (κ2) is 6.02. The number of hydrogen-bond donors (Lipinski definition) is 2. The van der Waals surface area contributed by atoms with E-state index in [1.165, 1.54) is 18.2 Å². The third-order valence-corrected chi connectivity index (χ3v) is 5.80. The van der Waals surface area contributed by atoms with Crippen molar-refractivity contribution in [1.29, 1.82) is 0 Å². The second-order valence-corrected chi connectivity index (χ2v) is 9.06. The van der Waals surface area contributed by atoms with Crippen LogP contribution in [0.1, 0.15) is 46.8 Å². The zero-order valence-electron chi connectivity index (χ0n) is 14.6. The number of hydrogen-bond acceptors (Lipinski definition) is 4. The Hall–Kier alpha value is -2.48. The Balaban J connectivity index is 1.67. The van der Waals surface area contributed by atoms with Crippen LogP contribution in [0.3, 0.4) is 0 Å². The highest BCUT2D eigenvalue weighted by molar-refractivity contribution is 7.89. The Morgan fingerprint density at radius 1 is 1.19 bits per heavy atom. The molecule has 0 bridgehead atoms. The molecule has 2 N–H and O–H groups in total. The maximum atomic E-state index is 14.2. The molecular formula is C19H18F2N2O3S. The minimum atomic E-state index is -3.65. The molecule has 8 heteroatoms. The van der Waals surface area contributed by atoms with E-state index in [9.17, 15) is 22.0 Å².